The predicted octanol–water partition coefficient (Wildman–Crippen LogP) is 7.03. The molecular formula is C24H20Cl2F3NO5. The number of ketones is 1. The van der Waals surface area contributed by atoms with Gasteiger partial charge in [-0.15, -0.1) is 0 Å². The van der Waals surface area contributed by atoms with Crippen LogP contribution in [0.4, 0.5) is 13.2 Å². The lowest BCUT2D eigenvalue weighted by Gasteiger charge is -2.23. The lowest BCUT2D eigenvalue weighted by atomic mass is 10.1. The summed E-state index contributed by atoms with van der Waals surface area (Å²) in [5, 5.41) is 9.36. The summed E-state index contributed by atoms with van der Waals surface area (Å²) in [7, 11) is 0. The maximum absolute atomic E-state index is 12.8. The van der Waals surface area contributed by atoms with Gasteiger partial charge in [0.2, 0.25) is 5.89 Å². The largest absolute Gasteiger partial charge is 0.478 e. The molecule has 1 heterocycles. The molecule has 6 nitrogen and oxygen atoms in total. The molecule has 35 heavy (non-hydrogen) atoms. The van der Waals surface area contributed by atoms with Crippen molar-refractivity contribution in [2.75, 3.05) is 0 Å². The van der Waals surface area contributed by atoms with Crippen LogP contribution in [0.3, 0.4) is 0 Å². The SMILES string of the molecule is Cc1nc(-c2ccc(C(F)(F)F)cc2)oc1C(=O)CCc1ccc(OC(C)(C)C(=O)O)c(Cl)c1Cl. The zero-order valence-electron chi connectivity index (χ0n) is 18.8. The second kappa shape index (κ2) is 9.91. The Morgan fingerprint density at radius 3 is 2.26 bits per heavy atom. The molecule has 3 aromatic rings. The number of halogens is 5. The van der Waals surface area contributed by atoms with Gasteiger partial charge in [0.25, 0.3) is 0 Å². The van der Waals surface area contributed by atoms with E-state index >= 15 is 0 Å². The summed E-state index contributed by atoms with van der Waals surface area (Å²) < 4.78 is 49.3. The van der Waals surface area contributed by atoms with E-state index in [0.29, 0.717) is 16.8 Å². The molecule has 0 aliphatic rings. The minimum absolute atomic E-state index is 0.00900. The predicted molar refractivity (Wildman–Crippen MR) is 123 cm³/mol. The fraction of sp³-hybridized carbons (Fsp3) is 0.292. The number of alkyl halides is 3. The van der Waals surface area contributed by atoms with Crippen molar-refractivity contribution in [2.24, 2.45) is 0 Å². The van der Waals surface area contributed by atoms with Crippen molar-refractivity contribution < 1.29 is 37.0 Å². The van der Waals surface area contributed by atoms with Gasteiger partial charge in [0.05, 0.1) is 16.3 Å². The summed E-state index contributed by atoms with van der Waals surface area (Å²) in [6, 6.07) is 7.32. The van der Waals surface area contributed by atoms with Gasteiger partial charge in [-0.1, -0.05) is 29.3 Å². The number of benzene rings is 2. The van der Waals surface area contributed by atoms with E-state index in [2.05, 4.69) is 4.98 Å². The Balaban J connectivity index is 1.73. The lowest BCUT2D eigenvalue weighted by molar-refractivity contribution is -0.152. The molecule has 186 valence electrons. The summed E-state index contributed by atoms with van der Waals surface area (Å²) in [6.07, 6.45) is -4.29. The Labute approximate surface area is 208 Å². The Bertz CT molecular complexity index is 1270. The van der Waals surface area contributed by atoms with E-state index in [1.165, 1.54) is 32.0 Å². The smallest absolute Gasteiger partial charge is 0.416 e. The highest BCUT2D eigenvalue weighted by Gasteiger charge is 2.31. The quantitative estimate of drug-likeness (QED) is 0.315. The van der Waals surface area contributed by atoms with Crippen LogP contribution >= 0.6 is 23.2 Å². The molecule has 0 bridgehead atoms. The number of carbonyl (C=O) groups is 2. The van der Waals surface area contributed by atoms with Crippen LogP contribution in [0.15, 0.2) is 40.8 Å². The van der Waals surface area contributed by atoms with Crippen LogP contribution in [0.25, 0.3) is 11.5 Å². The molecule has 11 heteroatoms. The molecule has 1 aromatic heterocycles. The van der Waals surface area contributed by atoms with E-state index in [-0.39, 0.29) is 46.1 Å². The summed E-state index contributed by atoms with van der Waals surface area (Å²) in [5.41, 5.74) is -1.20. The number of rotatable bonds is 8. The molecule has 0 saturated carbocycles. The van der Waals surface area contributed by atoms with Crippen molar-refractivity contribution in [2.45, 2.75) is 45.4 Å². The minimum atomic E-state index is -4.47. The highest BCUT2D eigenvalue weighted by atomic mass is 35.5. The van der Waals surface area contributed by atoms with Gasteiger partial charge in [-0.05, 0) is 63.1 Å². The van der Waals surface area contributed by atoms with E-state index in [1.54, 1.807) is 13.0 Å². The number of Topliss-reactive ketones (excluding diaryl/α,β-unsaturated/α-hetero) is 1. The zero-order valence-corrected chi connectivity index (χ0v) is 20.3. The number of carboxylic acids is 1. The number of hydrogen-bond donors (Lipinski definition) is 1. The van der Waals surface area contributed by atoms with Crippen LogP contribution in [0, 0.1) is 6.92 Å². The number of carboxylic acid groups (broad SMARTS) is 1. The molecule has 0 saturated heterocycles. The topological polar surface area (TPSA) is 89.6 Å². The first kappa shape index (κ1) is 26.6. The molecule has 0 atom stereocenters. The summed E-state index contributed by atoms with van der Waals surface area (Å²) in [4.78, 5) is 28.2. The standard InChI is InChI=1S/C24H20Cl2F3NO5/c1-12-20(34-21(30-12)14-4-8-15(9-5-14)24(27,28)29)16(31)10-6-13-7-11-17(19(26)18(13)25)35-23(2,3)22(32)33/h4-5,7-9,11H,6,10H2,1-3H3,(H,32,33). The highest BCUT2D eigenvalue weighted by molar-refractivity contribution is 6.43. The van der Waals surface area contributed by atoms with Gasteiger partial charge >= 0.3 is 12.1 Å². The first-order valence-electron chi connectivity index (χ1n) is 10.3. The van der Waals surface area contributed by atoms with Crippen molar-refractivity contribution in [1.29, 1.82) is 0 Å². The van der Waals surface area contributed by atoms with E-state index in [9.17, 15) is 27.9 Å². The lowest BCUT2D eigenvalue weighted by Crippen LogP contribution is -2.38. The third kappa shape index (κ3) is 5.97. The van der Waals surface area contributed by atoms with Crippen LogP contribution in [0.1, 0.15) is 47.6 Å². The van der Waals surface area contributed by atoms with Gasteiger partial charge in [0, 0.05) is 12.0 Å². The number of aromatic nitrogens is 1. The maximum Gasteiger partial charge on any atom is 0.416 e. The van der Waals surface area contributed by atoms with Crippen LogP contribution in [-0.4, -0.2) is 27.4 Å². The average molecular weight is 530 g/mol. The van der Waals surface area contributed by atoms with Crippen LogP contribution in [0.2, 0.25) is 10.0 Å². The maximum atomic E-state index is 12.8. The van der Waals surface area contributed by atoms with E-state index in [4.69, 9.17) is 32.4 Å². The average Bonchev–Trinajstić information content (AvgIpc) is 3.17. The normalized spacial score (nSPS) is 12.0. The van der Waals surface area contributed by atoms with Crippen molar-refractivity contribution in [3.05, 3.63) is 69.0 Å². The molecule has 0 aliphatic heterocycles. The summed E-state index contributed by atoms with van der Waals surface area (Å²) in [5.74, 6) is -1.45. The number of aryl methyl sites for hydroxylation is 2. The Morgan fingerprint density at radius 1 is 1.06 bits per heavy atom. The number of aliphatic carboxylic acids is 1. The van der Waals surface area contributed by atoms with Gasteiger partial charge in [-0.2, -0.15) is 13.2 Å². The molecule has 1 N–H and O–H groups in total. The molecule has 0 unspecified atom stereocenters. The van der Waals surface area contributed by atoms with Crippen molar-refractivity contribution in [3.8, 4) is 17.2 Å². The Morgan fingerprint density at radius 2 is 1.69 bits per heavy atom. The highest BCUT2D eigenvalue weighted by Crippen LogP contribution is 2.37. The van der Waals surface area contributed by atoms with Crippen LogP contribution in [0.5, 0.6) is 5.75 Å². The minimum Gasteiger partial charge on any atom is -0.478 e. The van der Waals surface area contributed by atoms with Crippen molar-refractivity contribution in [1.82, 2.24) is 4.98 Å². The summed E-state index contributed by atoms with van der Waals surface area (Å²) in [6.45, 7) is 4.29. The fourth-order valence-electron chi connectivity index (χ4n) is 3.10. The van der Waals surface area contributed by atoms with E-state index in [1.807, 2.05) is 0 Å². The van der Waals surface area contributed by atoms with Gasteiger partial charge in [-0.3, -0.25) is 4.79 Å². The number of hydrogen-bond acceptors (Lipinski definition) is 5. The molecule has 0 amide bonds. The van der Waals surface area contributed by atoms with E-state index < -0.39 is 23.3 Å². The summed E-state index contributed by atoms with van der Waals surface area (Å²) >= 11 is 12.6. The zero-order chi connectivity index (χ0) is 26.1. The molecule has 0 fully saturated rings. The third-order valence-corrected chi connectivity index (χ3v) is 6.04. The molecule has 0 aliphatic carbocycles. The fourth-order valence-corrected chi connectivity index (χ4v) is 3.58. The van der Waals surface area contributed by atoms with Gasteiger partial charge in [0.15, 0.2) is 17.1 Å². The van der Waals surface area contributed by atoms with Crippen LogP contribution < -0.4 is 4.74 Å². The third-order valence-electron chi connectivity index (χ3n) is 5.14. The van der Waals surface area contributed by atoms with Gasteiger partial charge in [0.1, 0.15) is 10.8 Å². The van der Waals surface area contributed by atoms with Crippen molar-refractivity contribution >= 4 is 35.0 Å². The second-order valence-electron chi connectivity index (χ2n) is 8.20. The number of carbonyl (C=O) groups excluding carboxylic acids is 1. The molecule has 0 radical (unpaired) electrons. The first-order valence-corrected chi connectivity index (χ1v) is 11.0. The molecule has 2 aromatic carbocycles. The van der Waals surface area contributed by atoms with Crippen molar-refractivity contribution in [3.63, 3.8) is 0 Å². The number of ether oxygens (including phenoxy) is 1. The Hall–Kier alpha value is -3.04. The second-order valence-corrected chi connectivity index (χ2v) is 8.96. The van der Waals surface area contributed by atoms with Gasteiger partial charge in [-0.25, -0.2) is 9.78 Å². The van der Waals surface area contributed by atoms with E-state index in [0.717, 1.165) is 12.1 Å². The number of nitrogens with zero attached hydrogens (tertiary/aromatic N) is 1. The van der Waals surface area contributed by atoms with Gasteiger partial charge < -0.3 is 14.3 Å². The monoisotopic (exact) mass is 529 g/mol. The number of oxazole rings is 1. The van der Waals surface area contributed by atoms with Crippen LogP contribution in [-0.2, 0) is 17.4 Å². The first-order chi connectivity index (χ1) is 16.2. The Kier molecular flexibility index (Phi) is 7.52. The molecular weight excluding hydrogens is 510 g/mol. The molecule has 0 spiro atoms. The molecule has 3 rings (SSSR count).